The molecule has 2 aliphatic rings. The van der Waals surface area contributed by atoms with Crippen LogP contribution in [0.15, 0.2) is 59.5 Å². The number of nitrogens with two attached hydrogens (primary N) is 1. The molecule has 2 saturated heterocycles. The molecule has 0 spiro atoms. The van der Waals surface area contributed by atoms with Crippen molar-refractivity contribution >= 4 is 29.6 Å². The summed E-state index contributed by atoms with van der Waals surface area (Å²) in [5.74, 6) is -4.10. The largest absolute Gasteiger partial charge is 0.469 e. The molecule has 0 unspecified atom stereocenters. The van der Waals surface area contributed by atoms with Crippen LogP contribution in [-0.2, 0) is 39.7 Å². The van der Waals surface area contributed by atoms with Gasteiger partial charge in [0.2, 0.25) is 10.0 Å². The van der Waals surface area contributed by atoms with E-state index in [9.17, 15) is 27.6 Å². The molecule has 2 aromatic carbocycles. The van der Waals surface area contributed by atoms with Crippen LogP contribution in [0.2, 0.25) is 0 Å². The number of carbonyl (C=O) groups is 1. The standard InChI is InChI=1S/C27H38N3O10PS/c1-18(2)15-30(42(35,36)21-10-8-20(28)9-11-21)16-24(40-41(32,33)34)23(14-19-6-4-3-5-7-19)29-27(31)39-25-17-38-26-22(25)12-13-37-26/h3-11,18,22-26H,12-17,28H2,1-2H3,(H,29,31)(H2,32,33,34)/t22-,23-,24+,25-,26+/m0/s1/i12D2,13D2,17D2,22D,25D,26D. The summed E-state index contributed by atoms with van der Waals surface area (Å²) in [6.07, 6.45) is -15.2. The lowest BCUT2D eigenvalue weighted by Gasteiger charge is -2.33. The van der Waals surface area contributed by atoms with Crippen molar-refractivity contribution in [1.29, 1.82) is 0 Å². The first kappa shape index (κ1) is 22.0. The number of alkyl carbamates (subject to hydrolysis) is 1. The Morgan fingerprint density at radius 1 is 1.19 bits per heavy atom. The minimum absolute atomic E-state index is 0.215. The number of phosphoric acid groups is 1. The topological polar surface area (TPSA) is 187 Å². The third-order valence-electron chi connectivity index (χ3n) is 5.98. The van der Waals surface area contributed by atoms with E-state index < -0.39 is 80.4 Å². The van der Waals surface area contributed by atoms with Gasteiger partial charge in [-0.1, -0.05) is 44.2 Å². The van der Waals surface area contributed by atoms with E-state index in [0.29, 0.717) is 5.56 Å². The highest BCUT2D eigenvalue weighted by Gasteiger charge is 2.44. The van der Waals surface area contributed by atoms with Gasteiger partial charge < -0.3 is 35.0 Å². The van der Waals surface area contributed by atoms with Crippen molar-refractivity contribution in [2.24, 2.45) is 11.8 Å². The van der Waals surface area contributed by atoms with E-state index in [4.69, 9.17) is 32.1 Å². The predicted molar refractivity (Wildman–Crippen MR) is 153 cm³/mol. The first-order valence-electron chi connectivity index (χ1n) is 17.2. The summed E-state index contributed by atoms with van der Waals surface area (Å²) in [4.78, 5) is 33.2. The number of fused-ring (bicyclic) bond motifs is 1. The van der Waals surface area contributed by atoms with Crippen molar-refractivity contribution in [2.45, 2.75) is 56.0 Å². The predicted octanol–water partition coefficient (Wildman–Crippen LogP) is 2.49. The van der Waals surface area contributed by atoms with Crippen LogP contribution in [-0.4, -0.2) is 79.3 Å². The maximum absolute atomic E-state index is 13.8. The Morgan fingerprint density at radius 3 is 2.52 bits per heavy atom. The van der Waals surface area contributed by atoms with E-state index >= 15 is 0 Å². The van der Waals surface area contributed by atoms with Crippen LogP contribution in [0, 0.1) is 11.8 Å². The van der Waals surface area contributed by atoms with E-state index in [1.165, 1.54) is 24.3 Å². The summed E-state index contributed by atoms with van der Waals surface area (Å²) in [7, 11) is -9.91. The van der Waals surface area contributed by atoms with Crippen LogP contribution >= 0.6 is 7.82 Å². The lowest BCUT2D eigenvalue weighted by Crippen LogP contribution is -2.52. The molecule has 2 heterocycles. The SMILES string of the molecule is [2H]C1([2H])O[C@]2([2H])OC([2H])([2H])[C@]([2H])(OC(=O)N[C@@H](Cc3ccccc3)[C@@H](CN(CC(C)C)S(=O)(=O)c3ccc(N)cc3)OP(=O)(O)O)[C@]2([2H])C1([2H])[2H]. The summed E-state index contributed by atoms with van der Waals surface area (Å²) >= 11 is 0. The molecule has 2 aromatic rings. The molecule has 42 heavy (non-hydrogen) atoms. The van der Waals surface area contributed by atoms with Crippen molar-refractivity contribution < 1.29 is 58.6 Å². The molecule has 0 aliphatic carbocycles. The van der Waals surface area contributed by atoms with Crippen LogP contribution in [0.5, 0.6) is 0 Å². The van der Waals surface area contributed by atoms with Crippen LogP contribution < -0.4 is 11.1 Å². The van der Waals surface area contributed by atoms with E-state index in [2.05, 4.69) is 10.1 Å². The Balaban J connectivity index is 1.77. The van der Waals surface area contributed by atoms with Crippen LogP contribution in [0.4, 0.5) is 10.5 Å². The van der Waals surface area contributed by atoms with Crippen molar-refractivity contribution in [2.75, 3.05) is 31.9 Å². The van der Waals surface area contributed by atoms with Gasteiger partial charge in [-0.2, -0.15) is 4.31 Å². The molecule has 15 heteroatoms. The molecular weight excluding hydrogens is 589 g/mol. The fourth-order valence-corrected chi connectivity index (χ4v) is 6.34. The van der Waals surface area contributed by atoms with Gasteiger partial charge in [0.1, 0.15) is 12.2 Å². The fourth-order valence-electron chi connectivity index (χ4n) is 4.16. The summed E-state index contributed by atoms with van der Waals surface area (Å²) < 4.78 is 135. The molecular formula is C27H38N3O10PS. The average molecular weight is 637 g/mol. The number of phosphoric ester groups is 1. The third-order valence-corrected chi connectivity index (χ3v) is 8.37. The number of hydrogen-bond donors (Lipinski definition) is 4. The number of rotatable bonds is 13. The molecule has 5 N–H and O–H groups in total. The van der Waals surface area contributed by atoms with Gasteiger partial charge >= 0.3 is 13.9 Å². The van der Waals surface area contributed by atoms with Gasteiger partial charge in [0.25, 0.3) is 0 Å². The van der Waals surface area contributed by atoms with E-state index in [0.717, 1.165) is 4.31 Å². The van der Waals surface area contributed by atoms with Crippen molar-refractivity contribution in [3.63, 3.8) is 0 Å². The van der Waals surface area contributed by atoms with E-state index in [-0.39, 0.29) is 29.5 Å². The van der Waals surface area contributed by atoms with Crippen molar-refractivity contribution in [3.05, 3.63) is 60.2 Å². The first-order valence-corrected chi connectivity index (χ1v) is 15.6. The molecule has 0 bridgehead atoms. The lowest BCUT2D eigenvalue weighted by molar-refractivity contribution is -0.0907. The van der Waals surface area contributed by atoms with E-state index in [1.54, 1.807) is 44.2 Å². The Bertz CT molecular complexity index is 1760. The number of anilines is 1. The molecule has 1 amide bonds. The van der Waals surface area contributed by atoms with E-state index in [1.807, 2.05) is 0 Å². The number of nitrogens with zero attached hydrogens (tertiary/aromatic N) is 1. The molecule has 4 rings (SSSR count). The smallest absolute Gasteiger partial charge is 0.443 e. The molecule has 0 radical (unpaired) electrons. The summed E-state index contributed by atoms with van der Waals surface area (Å²) in [6, 6.07) is 11.3. The summed E-state index contributed by atoms with van der Waals surface area (Å²) in [5, 5.41) is 2.18. The fraction of sp³-hybridized carbons (Fsp3) is 0.519. The zero-order valence-electron chi connectivity index (χ0n) is 31.6. The second-order valence-corrected chi connectivity index (χ2v) is 12.9. The molecule has 2 aliphatic heterocycles. The number of nitrogen functional groups attached to an aromatic ring is 1. The lowest BCUT2D eigenvalue weighted by atomic mass is 10.0. The minimum atomic E-state index is -5.48. The Kier molecular flexibility index (Phi) is 7.25. The highest BCUT2D eigenvalue weighted by atomic mass is 32.2. The van der Waals surface area contributed by atoms with Crippen LogP contribution in [0.3, 0.4) is 0 Å². The maximum Gasteiger partial charge on any atom is 0.469 e. The number of amides is 1. The van der Waals surface area contributed by atoms with Gasteiger partial charge in [-0.3, -0.25) is 4.52 Å². The van der Waals surface area contributed by atoms with Gasteiger partial charge in [0, 0.05) is 22.9 Å². The number of carbonyl (C=O) groups excluding carboxylic acids is 1. The molecule has 232 valence electrons. The zero-order valence-corrected chi connectivity index (χ0v) is 24.3. The second-order valence-electron chi connectivity index (χ2n) is 9.77. The van der Waals surface area contributed by atoms with Gasteiger partial charge in [0.15, 0.2) is 6.27 Å². The summed E-state index contributed by atoms with van der Waals surface area (Å²) in [5.41, 5.74) is 6.37. The molecule has 2 fully saturated rings. The van der Waals surface area contributed by atoms with Crippen LogP contribution in [0.1, 0.15) is 38.1 Å². The molecule has 5 atom stereocenters. The average Bonchev–Trinajstić information content (AvgIpc) is 3.16. The number of benzene rings is 2. The highest BCUT2D eigenvalue weighted by Crippen LogP contribution is 2.39. The van der Waals surface area contributed by atoms with Gasteiger partial charge in [-0.15, -0.1) is 0 Å². The molecule has 0 aromatic heterocycles. The number of nitrogens with one attached hydrogen (secondary N) is 1. The minimum Gasteiger partial charge on any atom is -0.443 e. The zero-order chi connectivity index (χ0) is 38.6. The Labute approximate surface area is 258 Å². The van der Waals surface area contributed by atoms with Gasteiger partial charge in [-0.25, -0.2) is 17.8 Å². The normalized spacial score (nSPS) is 34.2. The molecule has 13 nitrogen and oxygen atoms in total. The number of sulfonamides is 1. The van der Waals surface area contributed by atoms with Crippen molar-refractivity contribution in [1.82, 2.24) is 9.62 Å². The summed E-state index contributed by atoms with van der Waals surface area (Å²) in [6.45, 7) is -4.86. The quantitative estimate of drug-likeness (QED) is 0.187. The second kappa shape index (κ2) is 13.8. The Morgan fingerprint density at radius 2 is 1.88 bits per heavy atom. The van der Waals surface area contributed by atoms with Gasteiger partial charge in [0.05, 0.1) is 38.2 Å². The number of hydrogen-bond acceptors (Lipinski definition) is 9. The van der Waals surface area contributed by atoms with Crippen molar-refractivity contribution in [3.8, 4) is 0 Å². The van der Waals surface area contributed by atoms with Gasteiger partial charge in [-0.05, 0) is 48.5 Å². The number of ether oxygens (including phenoxy) is 3. The molecule has 0 saturated carbocycles. The maximum atomic E-state index is 13.8. The highest BCUT2D eigenvalue weighted by molar-refractivity contribution is 7.89. The third kappa shape index (κ3) is 8.74. The first-order chi connectivity index (χ1) is 23.1. The van der Waals surface area contributed by atoms with Crippen LogP contribution in [0.25, 0.3) is 0 Å². The monoisotopic (exact) mass is 636 g/mol. The Hall–Kier alpha value is -2.55.